The van der Waals surface area contributed by atoms with E-state index in [9.17, 15) is 4.79 Å². The summed E-state index contributed by atoms with van der Waals surface area (Å²) in [4.78, 5) is 16.1. The van der Waals surface area contributed by atoms with Crippen molar-refractivity contribution in [1.29, 1.82) is 0 Å². The first kappa shape index (κ1) is 11.1. The van der Waals surface area contributed by atoms with Gasteiger partial charge < -0.3 is 4.90 Å². The molecule has 1 aliphatic rings. The lowest BCUT2D eigenvalue weighted by Crippen LogP contribution is -2.37. The number of para-hydroxylation sites is 1. The number of anilines is 1. The maximum atomic E-state index is 12.1. The van der Waals surface area contributed by atoms with Crippen molar-refractivity contribution < 1.29 is 4.79 Å². The van der Waals surface area contributed by atoms with Crippen LogP contribution >= 0.6 is 0 Å². The molecule has 0 saturated heterocycles. The van der Waals surface area contributed by atoms with Gasteiger partial charge in [-0.3, -0.25) is 9.69 Å². The fourth-order valence-corrected chi connectivity index (χ4v) is 2.19. The highest BCUT2D eigenvalue weighted by atomic mass is 16.2. The van der Waals surface area contributed by atoms with Crippen LogP contribution in [0.3, 0.4) is 0 Å². The zero-order valence-corrected chi connectivity index (χ0v) is 9.94. The molecule has 0 unspecified atom stereocenters. The number of hydrogen-bond donors (Lipinski definition) is 0. The van der Waals surface area contributed by atoms with Crippen LogP contribution in [0.25, 0.3) is 0 Å². The minimum Gasteiger partial charge on any atom is -0.311 e. The van der Waals surface area contributed by atoms with E-state index in [2.05, 4.69) is 17.9 Å². The van der Waals surface area contributed by atoms with E-state index >= 15 is 0 Å². The predicted molar refractivity (Wildman–Crippen MR) is 65.4 cm³/mol. The molecular weight excluding hydrogens is 200 g/mol. The first-order valence-electron chi connectivity index (χ1n) is 5.86. The van der Waals surface area contributed by atoms with E-state index in [0.717, 1.165) is 25.3 Å². The zero-order valence-electron chi connectivity index (χ0n) is 9.94. The number of carbonyl (C=O) groups is 1. The van der Waals surface area contributed by atoms with Gasteiger partial charge in [-0.1, -0.05) is 25.1 Å². The van der Waals surface area contributed by atoms with Crippen molar-refractivity contribution in [2.45, 2.75) is 20.4 Å². The lowest BCUT2D eigenvalue weighted by molar-refractivity contribution is -0.119. The number of rotatable bonds is 2. The molecule has 1 amide bonds. The van der Waals surface area contributed by atoms with Crippen molar-refractivity contribution in [3.63, 3.8) is 0 Å². The van der Waals surface area contributed by atoms with Crippen LogP contribution in [0.1, 0.15) is 19.4 Å². The van der Waals surface area contributed by atoms with Crippen molar-refractivity contribution in [2.75, 3.05) is 24.5 Å². The number of hydrogen-bond acceptors (Lipinski definition) is 2. The molecular formula is C13H18N2O. The molecule has 0 N–H and O–H groups in total. The quantitative estimate of drug-likeness (QED) is 0.756. The highest BCUT2D eigenvalue weighted by Crippen LogP contribution is 2.24. The number of nitrogens with zero attached hydrogens (tertiary/aromatic N) is 2. The Labute approximate surface area is 96.7 Å². The van der Waals surface area contributed by atoms with Crippen LogP contribution in [0.2, 0.25) is 0 Å². The molecule has 3 heteroatoms. The van der Waals surface area contributed by atoms with E-state index in [-0.39, 0.29) is 5.91 Å². The summed E-state index contributed by atoms with van der Waals surface area (Å²) in [6.45, 7) is 7.17. The van der Waals surface area contributed by atoms with Gasteiger partial charge in [-0.25, -0.2) is 0 Å². The normalized spacial score (nSPS) is 17.1. The van der Waals surface area contributed by atoms with Crippen molar-refractivity contribution >= 4 is 11.6 Å². The van der Waals surface area contributed by atoms with Crippen molar-refractivity contribution in [1.82, 2.24) is 4.90 Å². The molecule has 0 atom stereocenters. The minimum atomic E-state index is 0.203. The van der Waals surface area contributed by atoms with Crippen LogP contribution in [-0.4, -0.2) is 30.4 Å². The molecule has 0 fully saturated rings. The van der Waals surface area contributed by atoms with E-state index in [1.165, 1.54) is 5.56 Å². The van der Waals surface area contributed by atoms with Crippen molar-refractivity contribution in [2.24, 2.45) is 0 Å². The zero-order chi connectivity index (χ0) is 11.5. The fraction of sp³-hybridized carbons (Fsp3) is 0.462. The average Bonchev–Trinajstić information content (AvgIpc) is 2.44. The van der Waals surface area contributed by atoms with Gasteiger partial charge in [0.15, 0.2) is 0 Å². The van der Waals surface area contributed by atoms with Crippen molar-refractivity contribution in [3.8, 4) is 0 Å². The van der Waals surface area contributed by atoms with E-state index in [1.807, 2.05) is 30.0 Å². The van der Waals surface area contributed by atoms with Gasteiger partial charge in [0.2, 0.25) is 5.91 Å². The molecule has 86 valence electrons. The Balaban J connectivity index is 2.42. The fourth-order valence-electron chi connectivity index (χ4n) is 2.19. The summed E-state index contributed by atoms with van der Waals surface area (Å²) in [6.07, 6.45) is 0. The maximum Gasteiger partial charge on any atom is 0.241 e. The highest BCUT2D eigenvalue weighted by molar-refractivity contribution is 5.96. The first-order valence-corrected chi connectivity index (χ1v) is 5.86. The summed E-state index contributed by atoms with van der Waals surface area (Å²) >= 11 is 0. The second-order valence-corrected chi connectivity index (χ2v) is 4.07. The third-order valence-corrected chi connectivity index (χ3v) is 3.10. The second-order valence-electron chi connectivity index (χ2n) is 4.07. The summed E-state index contributed by atoms with van der Waals surface area (Å²) < 4.78 is 0. The molecule has 0 bridgehead atoms. The van der Waals surface area contributed by atoms with Gasteiger partial charge in [0, 0.05) is 18.8 Å². The molecule has 1 aromatic carbocycles. The number of benzene rings is 1. The van der Waals surface area contributed by atoms with Gasteiger partial charge in [0.1, 0.15) is 0 Å². The Morgan fingerprint density at radius 3 is 2.56 bits per heavy atom. The van der Waals surface area contributed by atoms with Gasteiger partial charge in [0.05, 0.1) is 6.54 Å². The van der Waals surface area contributed by atoms with Gasteiger partial charge in [-0.05, 0) is 25.1 Å². The Morgan fingerprint density at radius 1 is 1.12 bits per heavy atom. The molecule has 1 aromatic rings. The standard InChI is InChI=1S/C13H18N2O/c1-3-14-9-11-7-5-6-8-12(11)15(4-2)13(16)10-14/h5-8H,3-4,9-10H2,1-2H3. The molecule has 1 heterocycles. The first-order chi connectivity index (χ1) is 7.76. The Morgan fingerprint density at radius 2 is 1.88 bits per heavy atom. The van der Waals surface area contributed by atoms with Crippen LogP contribution in [0, 0.1) is 0 Å². The molecule has 0 spiro atoms. The van der Waals surface area contributed by atoms with Crippen LogP contribution in [0.15, 0.2) is 24.3 Å². The monoisotopic (exact) mass is 218 g/mol. The number of fused-ring (bicyclic) bond motifs is 1. The maximum absolute atomic E-state index is 12.1. The number of carbonyl (C=O) groups excluding carboxylic acids is 1. The lowest BCUT2D eigenvalue weighted by atomic mass is 10.1. The highest BCUT2D eigenvalue weighted by Gasteiger charge is 2.23. The Bertz CT molecular complexity index is 389. The third kappa shape index (κ3) is 1.95. The van der Waals surface area contributed by atoms with Crippen LogP contribution in [0.4, 0.5) is 5.69 Å². The smallest absolute Gasteiger partial charge is 0.241 e. The molecule has 0 aromatic heterocycles. The molecule has 16 heavy (non-hydrogen) atoms. The average molecular weight is 218 g/mol. The Hall–Kier alpha value is -1.35. The van der Waals surface area contributed by atoms with Gasteiger partial charge in [-0.2, -0.15) is 0 Å². The minimum absolute atomic E-state index is 0.203. The summed E-state index contributed by atoms with van der Waals surface area (Å²) in [5.74, 6) is 0.203. The molecule has 0 aliphatic carbocycles. The molecule has 1 aliphatic heterocycles. The van der Waals surface area contributed by atoms with Crippen LogP contribution in [0.5, 0.6) is 0 Å². The largest absolute Gasteiger partial charge is 0.311 e. The van der Waals surface area contributed by atoms with E-state index in [0.29, 0.717) is 6.54 Å². The Kier molecular flexibility index (Phi) is 3.25. The number of amides is 1. The van der Waals surface area contributed by atoms with Crippen LogP contribution < -0.4 is 4.90 Å². The SMILES string of the molecule is CCN1CC(=O)N(CC)c2ccccc2C1. The van der Waals surface area contributed by atoms with Gasteiger partial charge in [-0.15, -0.1) is 0 Å². The summed E-state index contributed by atoms with van der Waals surface area (Å²) in [5.41, 5.74) is 2.32. The topological polar surface area (TPSA) is 23.6 Å². The van der Waals surface area contributed by atoms with Crippen LogP contribution in [-0.2, 0) is 11.3 Å². The third-order valence-electron chi connectivity index (χ3n) is 3.10. The van der Waals surface area contributed by atoms with E-state index < -0.39 is 0 Å². The second kappa shape index (κ2) is 4.66. The summed E-state index contributed by atoms with van der Waals surface area (Å²) in [5, 5.41) is 0. The van der Waals surface area contributed by atoms with Gasteiger partial charge in [0.25, 0.3) is 0 Å². The van der Waals surface area contributed by atoms with Crippen molar-refractivity contribution in [3.05, 3.63) is 29.8 Å². The molecule has 0 saturated carbocycles. The summed E-state index contributed by atoms with van der Waals surface area (Å²) in [7, 11) is 0. The molecule has 2 rings (SSSR count). The molecule has 3 nitrogen and oxygen atoms in total. The lowest BCUT2D eigenvalue weighted by Gasteiger charge is -2.20. The van der Waals surface area contributed by atoms with E-state index in [4.69, 9.17) is 0 Å². The van der Waals surface area contributed by atoms with E-state index in [1.54, 1.807) is 0 Å². The molecule has 0 radical (unpaired) electrons. The van der Waals surface area contributed by atoms with Gasteiger partial charge >= 0.3 is 0 Å². The summed E-state index contributed by atoms with van der Waals surface area (Å²) in [6, 6.07) is 8.18. The predicted octanol–water partition coefficient (Wildman–Crippen LogP) is 1.88. The number of likely N-dealkylation sites (N-methyl/N-ethyl adjacent to an activating group) is 2.